The van der Waals surface area contributed by atoms with Crippen LogP contribution in [0.15, 0.2) is 41.8 Å². The van der Waals surface area contributed by atoms with Gasteiger partial charge in [-0.25, -0.2) is 4.39 Å². The largest absolute Gasteiger partial charge is 0.493 e. The molecule has 1 aromatic carbocycles. The van der Waals surface area contributed by atoms with Crippen molar-refractivity contribution < 1.29 is 19.0 Å². The first-order chi connectivity index (χ1) is 11.0. The summed E-state index contributed by atoms with van der Waals surface area (Å²) in [5, 5.41) is 14.9. The van der Waals surface area contributed by atoms with Gasteiger partial charge in [0.2, 0.25) is 5.91 Å². The summed E-state index contributed by atoms with van der Waals surface area (Å²) in [5.41, 5.74) is -1.07. The number of ether oxygens (including phenoxy) is 1. The zero-order chi connectivity index (χ0) is 16.7. The zero-order valence-corrected chi connectivity index (χ0v) is 13.7. The van der Waals surface area contributed by atoms with E-state index in [1.54, 1.807) is 19.1 Å². The molecule has 1 aromatic heterocycles. The summed E-state index contributed by atoms with van der Waals surface area (Å²) in [7, 11) is 0. The Labute approximate surface area is 138 Å². The monoisotopic (exact) mass is 337 g/mol. The fraction of sp³-hybridized carbons (Fsp3) is 0.353. The first-order valence-corrected chi connectivity index (χ1v) is 8.27. The Kier molecular flexibility index (Phi) is 6.12. The molecule has 0 spiro atoms. The van der Waals surface area contributed by atoms with Gasteiger partial charge in [0.15, 0.2) is 0 Å². The quantitative estimate of drug-likeness (QED) is 0.728. The fourth-order valence-corrected chi connectivity index (χ4v) is 2.80. The van der Waals surface area contributed by atoms with Gasteiger partial charge in [-0.15, -0.1) is 11.3 Å². The molecule has 0 fully saturated rings. The smallest absolute Gasteiger partial charge is 0.220 e. The molecule has 2 N–H and O–H groups in total. The van der Waals surface area contributed by atoms with Gasteiger partial charge >= 0.3 is 0 Å². The summed E-state index contributed by atoms with van der Waals surface area (Å²) >= 11 is 1.45. The molecule has 0 aliphatic carbocycles. The van der Waals surface area contributed by atoms with Crippen LogP contribution in [0.2, 0.25) is 0 Å². The highest BCUT2D eigenvalue weighted by molar-refractivity contribution is 7.10. The number of carbonyl (C=O) groups excluding carboxylic acids is 1. The van der Waals surface area contributed by atoms with Crippen LogP contribution in [0, 0.1) is 5.82 Å². The first kappa shape index (κ1) is 17.4. The summed E-state index contributed by atoms with van der Waals surface area (Å²) < 4.78 is 18.3. The average Bonchev–Trinajstić information content (AvgIpc) is 3.05. The van der Waals surface area contributed by atoms with Crippen molar-refractivity contribution in [2.45, 2.75) is 25.4 Å². The molecule has 124 valence electrons. The van der Waals surface area contributed by atoms with Crippen LogP contribution in [0.3, 0.4) is 0 Å². The highest BCUT2D eigenvalue weighted by Crippen LogP contribution is 2.24. The summed E-state index contributed by atoms with van der Waals surface area (Å²) in [6.07, 6.45) is 0.805. The van der Waals surface area contributed by atoms with Gasteiger partial charge in [-0.2, -0.15) is 0 Å². The minimum absolute atomic E-state index is 0.148. The first-order valence-electron chi connectivity index (χ1n) is 7.39. The lowest BCUT2D eigenvalue weighted by Gasteiger charge is -2.22. The Morgan fingerprint density at radius 1 is 1.39 bits per heavy atom. The molecule has 1 unspecified atom stereocenters. The van der Waals surface area contributed by atoms with Crippen molar-refractivity contribution in [3.8, 4) is 5.75 Å². The van der Waals surface area contributed by atoms with Crippen LogP contribution in [0.1, 0.15) is 24.6 Å². The van der Waals surface area contributed by atoms with Crippen molar-refractivity contribution in [3.63, 3.8) is 0 Å². The predicted octanol–water partition coefficient (Wildman–Crippen LogP) is 3.07. The van der Waals surface area contributed by atoms with E-state index in [4.69, 9.17) is 4.74 Å². The second-order valence-electron chi connectivity index (χ2n) is 5.44. The summed E-state index contributed by atoms with van der Waals surface area (Å²) in [5.74, 6) is -0.0493. The van der Waals surface area contributed by atoms with Crippen molar-refractivity contribution in [1.29, 1.82) is 0 Å². The number of hydrogen-bond donors (Lipinski definition) is 2. The van der Waals surface area contributed by atoms with Crippen molar-refractivity contribution in [3.05, 3.63) is 52.5 Å². The van der Waals surface area contributed by atoms with Gasteiger partial charge in [-0.05, 0) is 36.9 Å². The van der Waals surface area contributed by atoms with Gasteiger partial charge in [-0.3, -0.25) is 4.79 Å². The molecule has 0 saturated carbocycles. The van der Waals surface area contributed by atoms with E-state index in [0.29, 0.717) is 18.8 Å². The van der Waals surface area contributed by atoms with Gasteiger partial charge in [0.25, 0.3) is 0 Å². The maximum atomic E-state index is 13.0. The maximum Gasteiger partial charge on any atom is 0.220 e. The number of carbonyl (C=O) groups is 1. The number of aliphatic hydroxyl groups is 1. The van der Waals surface area contributed by atoms with E-state index in [0.717, 1.165) is 4.88 Å². The molecule has 1 heterocycles. The molecule has 0 bridgehead atoms. The second-order valence-corrected chi connectivity index (χ2v) is 6.38. The van der Waals surface area contributed by atoms with Gasteiger partial charge in [-0.1, -0.05) is 12.1 Å². The van der Waals surface area contributed by atoms with Gasteiger partial charge in [0.05, 0.1) is 13.2 Å². The molecule has 23 heavy (non-hydrogen) atoms. The number of thiophene rings is 1. The zero-order valence-electron chi connectivity index (χ0n) is 12.9. The summed E-state index contributed by atoms with van der Waals surface area (Å²) in [4.78, 5) is 12.6. The van der Waals surface area contributed by atoms with E-state index < -0.39 is 5.60 Å². The molecule has 0 saturated heterocycles. The van der Waals surface area contributed by atoms with Crippen LogP contribution < -0.4 is 10.1 Å². The van der Waals surface area contributed by atoms with Crippen molar-refractivity contribution in [1.82, 2.24) is 5.32 Å². The van der Waals surface area contributed by atoms with E-state index in [1.807, 2.05) is 17.5 Å². The van der Waals surface area contributed by atoms with E-state index in [9.17, 15) is 14.3 Å². The number of rotatable bonds is 8. The number of hydrogen-bond acceptors (Lipinski definition) is 4. The van der Waals surface area contributed by atoms with Gasteiger partial charge < -0.3 is 15.2 Å². The lowest BCUT2D eigenvalue weighted by Crippen LogP contribution is -2.38. The molecule has 2 rings (SSSR count). The third-order valence-corrected chi connectivity index (χ3v) is 4.42. The molecule has 0 radical (unpaired) electrons. The van der Waals surface area contributed by atoms with E-state index in [2.05, 4.69) is 5.32 Å². The molecular formula is C17H20FNO3S. The SMILES string of the molecule is CC(O)(CNC(=O)CCCOc1cccc(F)c1)c1cccs1. The molecular weight excluding hydrogens is 317 g/mol. The number of halogens is 1. The van der Waals surface area contributed by atoms with Gasteiger partial charge in [0, 0.05) is 17.4 Å². The third kappa shape index (κ3) is 5.65. The normalized spacial score (nSPS) is 13.3. The van der Waals surface area contributed by atoms with Crippen molar-refractivity contribution in [2.24, 2.45) is 0 Å². The molecule has 4 nitrogen and oxygen atoms in total. The lowest BCUT2D eigenvalue weighted by molar-refractivity contribution is -0.122. The second kappa shape index (κ2) is 8.08. The summed E-state index contributed by atoms with van der Waals surface area (Å²) in [6, 6.07) is 9.59. The molecule has 0 aliphatic heterocycles. The Bertz CT molecular complexity index is 629. The molecule has 1 atom stereocenters. The Hall–Kier alpha value is -1.92. The number of nitrogens with one attached hydrogen (secondary N) is 1. The predicted molar refractivity (Wildman–Crippen MR) is 88.0 cm³/mol. The van der Waals surface area contributed by atoms with E-state index >= 15 is 0 Å². The minimum atomic E-state index is -1.07. The Balaban J connectivity index is 1.65. The van der Waals surface area contributed by atoms with Crippen LogP contribution in [0.5, 0.6) is 5.75 Å². The van der Waals surface area contributed by atoms with Crippen LogP contribution in [-0.2, 0) is 10.4 Å². The van der Waals surface area contributed by atoms with Crippen molar-refractivity contribution in [2.75, 3.05) is 13.2 Å². The Morgan fingerprint density at radius 2 is 2.22 bits per heavy atom. The number of amides is 1. The number of benzene rings is 1. The molecule has 2 aromatic rings. The highest BCUT2D eigenvalue weighted by atomic mass is 32.1. The topological polar surface area (TPSA) is 58.6 Å². The Morgan fingerprint density at radius 3 is 2.91 bits per heavy atom. The van der Waals surface area contributed by atoms with E-state index in [-0.39, 0.29) is 24.7 Å². The summed E-state index contributed by atoms with van der Waals surface area (Å²) in [6.45, 7) is 2.17. The van der Waals surface area contributed by atoms with Crippen LogP contribution in [0.25, 0.3) is 0 Å². The third-order valence-electron chi connectivity index (χ3n) is 3.29. The molecule has 0 aliphatic rings. The van der Waals surface area contributed by atoms with Crippen LogP contribution in [0.4, 0.5) is 4.39 Å². The minimum Gasteiger partial charge on any atom is -0.493 e. The highest BCUT2D eigenvalue weighted by Gasteiger charge is 2.24. The van der Waals surface area contributed by atoms with E-state index in [1.165, 1.54) is 23.5 Å². The van der Waals surface area contributed by atoms with Crippen molar-refractivity contribution >= 4 is 17.2 Å². The maximum absolute atomic E-state index is 13.0. The fourth-order valence-electron chi connectivity index (χ4n) is 2.01. The van der Waals surface area contributed by atoms with Crippen LogP contribution in [-0.4, -0.2) is 24.2 Å². The standard InChI is InChI=1S/C17H20FNO3S/c1-17(21,15-7-4-10-23-15)12-19-16(20)8-3-9-22-14-6-2-5-13(18)11-14/h2,4-7,10-11,21H,3,8-9,12H2,1H3,(H,19,20). The average molecular weight is 337 g/mol. The molecule has 1 amide bonds. The lowest BCUT2D eigenvalue weighted by atomic mass is 10.1. The van der Waals surface area contributed by atoms with Gasteiger partial charge in [0.1, 0.15) is 17.2 Å². The van der Waals surface area contributed by atoms with Crippen LogP contribution >= 0.6 is 11.3 Å². The molecule has 6 heteroatoms.